The fourth-order valence-electron chi connectivity index (χ4n) is 2.07. The van der Waals surface area contributed by atoms with E-state index in [9.17, 15) is 14.9 Å². The van der Waals surface area contributed by atoms with E-state index in [1.807, 2.05) is 13.1 Å². The van der Waals surface area contributed by atoms with Crippen LogP contribution >= 0.6 is 15.9 Å². The molecule has 1 amide bonds. The van der Waals surface area contributed by atoms with Gasteiger partial charge in [0.25, 0.3) is 0 Å². The highest BCUT2D eigenvalue weighted by Gasteiger charge is 2.23. The minimum absolute atomic E-state index is 0.142. The number of aromatic nitrogens is 4. The Morgan fingerprint density at radius 2 is 2.22 bits per heavy atom. The predicted molar refractivity (Wildman–Crippen MR) is 85.7 cm³/mol. The monoisotopic (exact) mass is 384 g/mol. The van der Waals surface area contributed by atoms with Crippen molar-refractivity contribution in [2.24, 2.45) is 0 Å². The summed E-state index contributed by atoms with van der Waals surface area (Å²) >= 11 is 3.42. The van der Waals surface area contributed by atoms with Crippen LogP contribution in [0, 0.1) is 10.1 Å². The number of nitro groups is 1. The molecule has 9 nitrogen and oxygen atoms in total. The molecule has 2 rings (SSSR count). The first kappa shape index (κ1) is 17.1. The van der Waals surface area contributed by atoms with Crippen LogP contribution in [0.15, 0.2) is 23.1 Å². The van der Waals surface area contributed by atoms with Crippen molar-refractivity contribution in [1.82, 2.24) is 24.5 Å². The second kappa shape index (κ2) is 6.90. The Kier molecular flexibility index (Phi) is 5.14. The van der Waals surface area contributed by atoms with Crippen molar-refractivity contribution in [1.29, 1.82) is 0 Å². The van der Waals surface area contributed by atoms with Crippen molar-refractivity contribution in [3.63, 3.8) is 0 Å². The maximum atomic E-state index is 12.5. The van der Waals surface area contributed by atoms with E-state index in [4.69, 9.17) is 0 Å². The molecular weight excluding hydrogens is 368 g/mol. The van der Waals surface area contributed by atoms with E-state index in [-0.39, 0.29) is 11.6 Å². The van der Waals surface area contributed by atoms with Crippen LogP contribution in [0.4, 0.5) is 5.69 Å². The highest BCUT2D eigenvalue weighted by molar-refractivity contribution is 9.10. The zero-order valence-corrected chi connectivity index (χ0v) is 14.6. The molecule has 2 aromatic heterocycles. The van der Waals surface area contributed by atoms with Gasteiger partial charge in [-0.2, -0.15) is 10.2 Å². The van der Waals surface area contributed by atoms with Crippen LogP contribution in [0.5, 0.6) is 0 Å². The van der Waals surface area contributed by atoms with Crippen molar-refractivity contribution in [2.45, 2.75) is 33.0 Å². The van der Waals surface area contributed by atoms with E-state index >= 15 is 0 Å². The van der Waals surface area contributed by atoms with Gasteiger partial charge in [-0.15, -0.1) is 0 Å². The molecule has 23 heavy (non-hydrogen) atoms. The third-order valence-corrected chi connectivity index (χ3v) is 4.09. The molecule has 124 valence electrons. The Labute approximate surface area is 141 Å². The first-order valence-corrected chi connectivity index (χ1v) is 7.78. The van der Waals surface area contributed by atoms with Crippen LogP contribution in [0.1, 0.15) is 25.6 Å². The summed E-state index contributed by atoms with van der Waals surface area (Å²) in [7, 11) is 1.66. The zero-order valence-electron chi connectivity index (χ0n) is 13.0. The highest BCUT2D eigenvalue weighted by Crippen LogP contribution is 2.19. The lowest BCUT2D eigenvalue weighted by atomic mass is 10.3. The van der Waals surface area contributed by atoms with Gasteiger partial charge in [0.05, 0.1) is 21.6 Å². The number of rotatable bonds is 6. The van der Waals surface area contributed by atoms with Crippen LogP contribution in [0.3, 0.4) is 0 Å². The quantitative estimate of drug-likeness (QED) is 0.559. The maximum absolute atomic E-state index is 12.5. The Morgan fingerprint density at radius 3 is 2.74 bits per heavy atom. The van der Waals surface area contributed by atoms with E-state index in [0.717, 1.165) is 22.9 Å². The Morgan fingerprint density at radius 1 is 1.52 bits per heavy atom. The lowest BCUT2D eigenvalue weighted by molar-refractivity contribution is -0.385. The summed E-state index contributed by atoms with van der Waals surface area (Å²) in [5.41, 5.74) is 0.609. The summed E-state index contributed by atoms with van der Waals surface area (Å²) in [5, 5.41) is 18.9. The molecule has 2 heterocycles. The van der Waals surface area contributed by atoms with Gasteiger partial charge in [0.2, 0.25) is 5.91 Å². The number of carbonyl (C=O) groups is 1. The number of likely N-dealkylation sites (N-methyl/N-ethyl adjacent to an activating group) is 1. The molecule has 0 radical (unpaired) electrons. The van der Waals surface area contributed by atoms with Crippen molar-refractivity contribution < 1.29 is 9.72 Å². The molecule has 0 saturated heterocycles. The molecule has 1 unspecified atom stereocenters. The number of carbonyl (C=O) groups excluding carboxylic acids is 1. The molecule has 0 fully saturated rings. The van der Waals surface area contributed by atoms with Crippen molar-refractivity contribution in [3.05, 3.63) is 38.9 Å². The van der Waals surface area contributed by atoms with Gasteiger partial charge in [-0.05, 0) is 29.8 Å². The molecule has 1 atom stereocenters. The lowest BCUT2D eigenvalue weighted by Gasteiger charge is -2.20. The number of hydrogen-bond donors (Lipinski definition) is 0. The number of hydrogen-bond acceptors (Lipinski definition) is 5. The fourth-order valence-corrected chi connectivity index (χ4v) is 2.52. The molecule has 0 aromatic carbocycles. The van der Waals surface area contributed by atoms with Crippen LogP contribution in [0.2, 0.25) is 0 Å². The van der Waals surface area contributed by atoms with Gasteiger partial charge < -0.3 is 4.90 Å². The first-order chi connectivity index (χ1) is 10.8. The summed E-state index contributed by atoms with van der Waals surface area (Å²) in [6.07, 6.45) is 4.23. The molecule has 0 spiro atoms. The second-order valence-corrected chi connectivity index (χ2v) is 5.94. The second-order valence-electron chi connectivity index (χ2n) is 5.09. The SMILES string of the molecule is CCn1cc(Br)c(CN(C)C(=O)C(C)n2cc([N+](=O)[O-])cn2)n1. The number of halogens is 1. The highest BCUT2D eigenvalue weighted by atomic mass is 79.9. The van der Waals surface area contributed by atoms with Gasteiger partial charge in [0.1, 0.15) is 18.4 Å². The van der Waals surface area contributed by atoms with Gasteiger partial charge in [-0.25, -0.2) is 0 Å². The standard InChI is InChI=1S/C13H17BrN6O3/c1-4-18-7-11(14)12(16-18)8-17(3)13(21)9(2)19-6-10(5-15-19)20(22)23/h5-7,9H,4,8H2,1-3H3. The van der Waals surface area contributed by atoms with E-state index in [0.29, 0.717) is 6.54 Å². The van der Waals surface area contributed by atoms with Crippen LogP contribution in [-0.2, 0) is 17.9 Å². The molecule has 0 aliphatic rings. The number of aryl methyl sites for hydroxylation is 1. The number of nitrogens with zero attached hydrogens (tertiary/aromatic N) is 6. The van der Waals surface area contributed by atoms with Gasteiger partial charge >= 0.3 is 5.69 Å². The average Bonchev–Trinajstić information content (AvgIpc) is 3.13. The van der Waals surface area contributed by atoms with Crippen molar-refractivity contribution >= 4 is 27.5 Å². The Bertz CT molecular complexity index is 725. The van der Waals surface area contributed by atoms with E-state index in [1.54, 1.807) is 18.7 Å². The van der Waals surface area contributed by atoms with E-state index < -0.39 is 11.0 Å². The maximum Gasteiger partial charge on any atom is 0.307 e. The minimum atomic E-state index is -0.638. The van der Waals surface area contributed by atoms with Crippen LogP contribution in [-0.4, -0.2) is 42.3 Å². The average molecular weight is 385 g/mol. The summed E-state index contributed by atoms with van der Waals surface area (Å²) in [6, 6.07) is -0.638. The van der Waals surface area contributed by atoms with Crippen molar-refractivity contribution in [2.75, 3.05) is 7.05 Å². The third kappa shape index (κ3) is 3.76. The minimum Gasteiger partial charge on any atom is -0.338 e. The van der Waals surface area contributed by atoms with Gasteiger partial charge in [0.15, 0.2) is 0 Å². The molecule has 0 aliphatic carbocycles. The van der Waals surface area contributed by atoms with Crippen LogP contribution in [0.25, 0.3) is 0 Å². The molecule has 0 N–H and O–H groups in total. The lowest BCUT2D eigenvalue weighted by Crippen LogP contribution is -2.33. The van der Waals surface area contributed by atoms with E-state index in [2.05, 4.69) is 26.1 Å². The molecule has 10 heteroatoms. The summed E-state index contributed by atoms with van der Waals surface area (Å²) in [6.45, 7) is 4.70. The summed E-state index contributed by atoms with van der Waals surface area (Å²) < 4.78 is 3.90. The molecule has 0 bridgehead atoms. The normalized spacial score (nSPS) is 12.2. The zero-order chi connectivity index (χ0) is 17.1. The summed E-state index contributed by atoms with van der Waals surface area (Å²) in [4.78, 5) is 24.1. The third-order valence-electron chi connectivity index (χ3n) is 3.43. The topological polar surface area (TPSA) is 99.1 Å². The van der Waals surface area contributed by atoms with Crippen LogP contribution < -0.4 is 0 Å². The van der Waals surface area contributed by atoms with Gasteiger partial charge in [0, 0.05) is 19.8 Å². The number of amides is 1. The molecule has 0 saturated carbocycles. The largest absolute Gasteiger partial charge is 0.338 e. The molecule has 2 aromatic rings. The van der Waals surface area contributed by atoms with Gasteiger partial charge in [-0.3, -0.25) is 24.3 Å². The molecule has 0 aliphatic heterocycles. The summed E-state index contributed by atoms with van der Waals surface area (Å²) in [5.74, 6) is -0.207. The first-order valence-electron chi connectivity index (χ1n) is 6.98. The van der Waals surface area contributed by atoms with Gasteiger partial charge in [-0.1, -0.05) is 0 Å². The smallest absolute Gasteiger partial charge is 0.307 e. The Hall–Kier alpha value is -2.23. The van der Waals surface area contributed by atoms with Crippen molar-refractivity contribution in [3.8, 4) is 0 Å². The van der Waals surface area contributed by atoms with E-state index in [1.165, 1.54) is 15.8 Å². The fraction of sp³-hybridized carbons (Fsp3) is 0.462. The Balaban J connectivity index is 2.08. The predicted octanol–water partition coefficient (Wildman–Crippen LogP) is 1.99. The molecular formula is C13H17BrN6O3.